The summed E-state index contributed by atoms with van der Waals surface area (Å²) in [6, 6.07) is 2.75. The molecule has 2 aliphatic heterocycles. The summed E-state index contributed by atoms with van der Waals surface area (Å²) in [6.45, 7) is 1.19. The predicted octanol–water partition coefficient (Wildman–Crippen LogP) is 3.68. The second-order valence-corrected chi connectivity index (χ2v) is 7.85. The molecule has 4 rings (SSSR count). The van der Waals surface area contributed by atoms with Crippen LogP contribution in [0.15, 0.2) is 23.8 Å². The number of amides is 4. The van der Waals surface area contributed by atoms with Crippen LogP contribution in [0.3, 0.4) is 0 Å². The lowest BCUT2D eigenvalue weighted by Gasteiger charge is -2.18. The van der Waals surface area contributed by atoms with E-state index >= 15 is 0 Å². The van der Waals surface area contributed by atoms with Gasteiger partial charge in [0.15, 0.2) is 11.5 Å². The first kappa shape index (κ1) is 19.8. The third-order valence-electron chi connectivity index (χ3n) is 5.38. The summed E-state index contributed by atoms with van der Waals surface area (Å²) in [5.74, 6) is -0.635. The van der Waals surface area contributed by atoms with Crippen molar-refractivity contribution < 1.29 is 23.9 Å². The molecule has 0 N–H and O–H groups in total. The Bertz CT molecular complexity index is 882. The van der Waals surface area contributed by atoms with Crippen molar-refractivity contribution >= 4 is 29.4 Å². The van der Waals surface area contributed by atoms with Gasteiger partial charge in [0, 0.05) is 13.0 Å². The van der Waals surface area contributed by atoms with Gasteiger partial charge in [-0.3, -0.25) is 19.4 Å². The van der Waals surface area contributed by atoms with E-state index in [1.54, 1.807) is 12.1 Å². The number of allylic oxidation sites excluding steroid dienone is 1. The number of halogens is 1. The highest BCUT2D eigenvalue weighted by Crippen LogP contribution is 2.38. The third-order valence-corrected chi connectivity index (χ3v) is 5.66. The molecular formula is C21H23ClN2O5. The summed E-state index contributed by atoms with van der Waals surface area (Å²) in [4.78, 5) is 39.5. The van der Waals surface area contributed by atoms with Crippen molar-refractivity contribution in [3.05, 3.63) is 34.4 Å². The number of urea groups is 1. The van der Waals surface area contributed by atoms with Crippen molar-refractivity contribution in [1.82, 2.24) is 9.80 Å². The monoisotopic (exact) mass is 418 g/mol. The van der Waals surface area contributed by atoms with E-state index < -0.39 is 17.8 Å². The number of benzene rings is 1. The van der Waals surface area contributed by atoms with Gasteiger partial charge in [-0.2, -0.15) is 0 Å². The predicted molar refractivity (Wildman–Crippen MR) is 106 cm³/mol. The summed E-state index contributed by atoms with van der Waals surface area (Å²) >= 11 is 6.29. The van der Waals surface area contributed by atoms with Crippen LogP contribution in [-0.2, 0) is 16.1 Å². The van der Waals surface area contributed by atoms with Crippen molar-refractivity contribution in [3.63, 3.8) is 0 Å². The fourth-order valence-corrected chi connectivity index (χ4v) is 4.12. The first-order valence-electron chi connectivity index (χ1n) is 9.98. The Labute approximate surface area is 174 Å². The van der Waals surface area contributed by atoms with E-state index in [-0.39, 0.29) is 13.1 Å². The number of imide groups is 2. The van der Waals surface area contributed by atoms with Gasteiger partial charge in [0.2, 0.25) is 0 Å². The zero-order valence-corrected chi connectivity index (χ0v) is 16.9. The minimum absolute atomic E-state index is 0.0427. The van der Waals surface area contributed by atoms with E-state index in [1.807, 2.05) is 0 Å². The molecule has 0 saturated carbocycles. The van der Waals surface area contributed by atoms with Crippen molar-refractivity contribution in [3.8, 4) is 11.5 Å². The third kappa shape index (κ3) is 4.10. The average Bonchev–Trinajstić information content (AvgIpc) is 2.90. The van der Waals surface area contributed by atoms with Crippen LogP contribution in [0, 0.1) is 0 Å². The molecule has 3 aliphatic rings. The SMILES string of the molecule is O=C1C(=O)N(Cc2cc(Cl)c3c(c2)OCCCO3)C(=O)N1CCC1=CCCCC1. The number of rotatable bonds is 5. The second kappa shape index (κ2) is 8.45. The van der Waals surface area contributed by atoms with Gasteiger partial charge in [0.25, 0.3) is 0 Å². The van der Waals surface area contributed by atoms with Crippen molar-refractivity contribution in [2.75, 3.05) is 19.8 Å². The average molecular weight is 419 g/mol. The minimum Gasteiger partial charge on any atom is -0.489 e. The van der Waals surface area contributed by atoms with E-state index in [0.29, 0.717) is 41.7 Å². The van der Waals surface area contributed by atoms with E-state index in [2.05, 4.69) is 6.08 Å². The van der Waals surface area contributed by atoms with Crippen LogP contribution in [0.2, 0.25) is 5.02 Å². The van der Waals surface area contributed by atoms with Crippen LogP contribution in [0.1, 0.15) is 44.1 Å². The van der Waals surface area contributed by atoms with Crippen molar-refractivity contribution in [1.29, 1.82) is 0 Å². The largest absolute Gasteiger partial charge is 0.489 e. The lowest BCUT2D eigenvalue weighted by atomic mass is 9.97. The highest BCUT2D eigenvalue weighted by atomic mass is 35.5. The summed E-state index contributed by atoms with van der Waals surface area (Å²) in [7, 11) is 0. The topological polar surface area (TPSA) is 76.1 Å². The van der Waals surface area contributed by atoms with Gasteiger partial charge in [-0.1, -0.05) is 23.3 Å². The maximum absolute atomic E-state index is 12.7. The van der Waals surface area contributed by atoms with Gasteiger partial charge in [0.05, 0.1) is 24.8 Å². The Morgan fingerprint density at radius 3 is 2.55 bits per heavy atom. The molecule has 2 heterocycles. The molecule has 0 unspecified atom stereocenters. The van der Waals surface area contributed by atoms with E-state index in [1.165, 1.54) is 12.0 Å². The molecule has 154 valence electrons. The molecule has 0 atom stereocenters. The minimum atomic E-state index is -0.809. The fraction of sp³-hybridized carbons (Fsp3) is 0.476. The molecule has 1 saturated heterocycles. The first-order chi connectivity index (χ1) is 14.0. The fourth-order valence-electron chi connectivity index (χ4n) is 3.83. The van der Waals surface area contributed by atoms with Crippen LogP contribution in [0.4, 0.5) is 4.79 Å². The number of fused-ring (bicyclic) bond motifs is 1. The summed E-state index contributed by atoms with van der Waals surface area (Å²) in [5.41, 5.74) is 1.85. The summed E-state index contributed by atoms with van der Waals surface area (Å²) in [5, 5.41) is 0.353. The Morgan fingerprint density at radius 2 is 1.76 bits per heavy atom. The van der Waals surface area contributed by atoms with Crippen molar-refractivity contribution in [2.45, 2.75) is 45.1 Å². The van der Waals surface area contributed by atoms with Gasteiger partial charge in [-0.05, 0) is 49.8 Å². The van der Waals surface area contributed by atoms with Gasteiger partial charge >= 0.3 is 17.8 Å². The van der Waals surface area contributed by atoms with Crippen LogP contribution in [-0.4, -0.2) is 47.4 Å². The van der Waals surface area contributed by atoms with Gasteiger partial charge in [0.1, 0.15) is 0 Å². The number of carbonyl (C=O) groups is 3. The number of carbonyl (C=O) groups excluding carboxylic acids is 3. The molecule has 8 heteroatoms. The maximum Gasteiger partial charge on any atom is 0.334 e. The maximum atomic E-state index is 12.7. The van der Waals surface area contributed by atoms with Crippen LogP contribution >= 0.6 is 11.6 Å². The Balaban J connectivity index is 1.47. The molecule has 4 amide bonds. The molecule has 7 nitrogen and oxygen atoms in total. The Hall–Kier alpha value is -2.54. The second-order valence-electron chi connectivity index (χ2n) is 7.44. The highest BCUT2D eigenvalue weighted by molar-refractivity contribution is 6.44. The first-order valence-corrected chi connectivity index (χ1v) is 10.4. The molecule has 1 aromatic rings. The molecule has 0 aromatic heterocycles. The number of nitrogens with zero attached hydrogens (tertiary/aromatic N) is 2. The molecule has 0 radical (unpaired) electrons. The molecule has 0 spiro atoms. The molecule has 29 heavy (non-hydrogen) atoms. The van der Waals surface area contributed by atoms with Crippen LogP contribution < -0.4 is 9.47 Å². The summed E-state index contributed by atoms with van der Waals surface area (Å²) in [6.07, 6.45) is 7.86. The Kier molecular flexibility index (Phi) is 5.76. The normalized spacial score (nSPS) is 19.5. The van der Waals surface area contributed by atoms with Gasteiger partial charge in [-0.15, -0.1) is 0 Å². The van der Waals surface area contributed by atoms with Crippen LogP contribution in [0.25, 0.3) is 0 Å². The van der Waals surface area contributed by atoms with E-state index in [4.69, 9.17) is 21.1 Å². The van der Waals surface area contributed by atoms with E-state index in [0.717, 1.165) is 35.5 Å². The number of hydrogen-bond donors (Lipinski definition) is 0. The standard InChI is InChI=1S/C21H23ClN2O5/c22-16-11-15(12-17-18(16)29-10-4-9-28-17)13-24-20(26)19(25)23(21(24)27)8-7-14-5-2-1-3-6-14/h5,11-12H,1-4,6-10,13H2. The summed E-state index contributed by atoms with van der Waals surface area (Å²) < 4.78 is 11.3. The zero-order chi connectivity index (χ0) is 20.4. The van der Waals surface area contributed by atoms with Gasteiger partial charge in [-0.25, -0.2) is 4.79 Å². The Morgan fingerprint density at radius 1 is 0.966 bits per heavy atom. The smallest absolute Gasteiger partial charge is 0.334 e. The quantitative estimate of drug-likeness (QED) is 0.414. The molecule has 0 bridgehead atoms. The molecule has 1 aromatic carbocycles. The zero-order valence-electron chi connectivity index (χ0n) is 16.1. The van der Waals surface area contributed by atoms with Crippen LogP contribution in [0.5, 0.6) is 11.5 Å². The molecule has 1 aliphatic carbocycles. The lowest BCUT2D eigenvalue weighted by Crippen LogP contribution is -2.34. The van der Waals surface area contributed by atoms with Crippen molar-refractivity contribution in [2.24, 2.45) is 0 Å². The molecular weight excluding hydrogens is 396 g/mol. The van der Waals surface area contributed by atoms with E-state index in [9.17, 15) is 14.4 Å². The van der Waals surface area contributed by atoms with Gasteiger partial charge < -0.3 is 9.47 Å². The lowest BCUT2D eigenvalue weighted by molar-refractivity contribution is -0.143. The molecule has 1 fully saturated rings. The number of hydrogen-bond acceptors (Lipinski definition) is 5. The number of ether oxygens (including phenoxy) is 2. The highest BCUT2D eigenvalue weighted by Gasteiger charge is 2.44.